The van der Waals surface area contributed by atoms with Gasteiger partial charge >= 0.3 is 0 Å². The van der Waals surface area contributed by atoms with Gasteiger partial charge in [0.15, 0.2) is 0 Å². The quantitative estimate of drug-likeness (QED) is 0.708. The van der Waals surface area contributed by atoms with Gasteiger partial charge in [0.05, 0.1) is 11.9 Å². The van der Waals surface area contributed by atoms with Crippen molar-refractivity contribution in [2.75, 3.05) is 17.1 Å². The maximum absolute atomic E-state index is 12.5. The van der Waals surface area contributed by atoms with Gasteiger partial charge in [-0.1, -0.05) is 57.7 Å². The van der Waals surface area contributed by atoms with Gasteiger partial charge < -0.3 is 5.32 Å². The minimum absolute atomic E-state index is 0.0600. The minimum Gasteiger partial charge on any atom is -0.353 e. The zero-order valence-electron chi connectivity index (χ0n) is 17.1. The van der Waals surface area contributed by atoms with Crippen molar-refractivity contribution >= 4 is 21.6 Å². The Balaban J connectivity index is 2.14. The molecule has 0 heterocycles. The van der Waals surface area contributed by atoms with Gasteiger partial charge in [0.1, 0.15) is 0 Å². The third kappa shape index (κ3) is 6.23. The van der Waals surface area contributed by atoms with Crippen LogP contribution < -0.4 is 9.62 Å². The lowest BCUT2D eigenvalue weighted by Crippen LogP contribution is -2.39. The van der Waals surface area contributed by atoms with Gasteiger partial charge in [0.2, 0.25) is 15.9 Å². The molecule has 1 amide bonds. The number of sulfonamides is 1. The zero-order valence-corrected chi connectivity index (χ0v) is 17.9. The summed E-state index contributed by atoms with van der Waals surface area (Å²) < 4.78 is 26.4. The molecule has 1 saturated carbocycles. The van der Waals surface area contributed by atoms with Gasteiger partial charge in [-0.3, -0.25) is 9.10 Å². The Morgan fingerprint density at radius 1 is 1.19 bits per heavy atom. The summed E-state index contributed by atoms with van der Waals surface area (Å²) in [7, 11) is -3.48. The van der Waals surface area contributed by atoms with Crippen LogP contribution in [0.5, 0.6) is 0 Å². The Kier molecular flexibility index (Phi) is 7.71. The molecule has 0 spiro atoms. The number of aryl methyl sites for hydroxylation is 1. The monoisotopic (exact) mass is 394 g/mol. The van der Waals surface area contributed by atoms with E-state index in [4.69, 9.17) is 0 Å². The SMILES string of the molecule is Cc1cccc(C(C)C)c1N(CCC(=O)NC1CCCCCC1)S(C)(=O)=O. The number of nitrogens with zero attached hydrogens (tertiary/aromatic N) is 1. The van der Waals surface area contributed by atoms with E-state index in [1.165, 1.54) is 23.4 Å². The van der Waals surface area contributed by atoms with E-state index in [0.717, 1.165) is 42.5 Å². The average molecular weight is 395 g/mol. The predicted octanol–water partition coefficient (Wildman–Crippen LogP) is 4.11. The number of hydrogen-bond donors (Lipinski definition) is 1. The van der Waals surface area contributed by atoms with E-state index in [1.807, 2.05) is 25.1 Å². The van der Waals surface area contributed by atoms with Crippen LogP contribution in [0, 0.1) is 6.92 Å². The largest absolute Gasteiger partial charge is 0.353 e. The number of amides is 1. The van der Waals surface area contributed by atoms with Crippen LogP contribution in [-0.2, 0) is 14.8 Å². The van der Waals surface area contributed by atoms with Crippen LogP contribution in [0.1, 0.15) is 75.8 Å². The molecular weight excluding hydrogens is 360 g/mol. The number of para-hydroxylation sites is 1. The van der Waals surface area contributed by atoms with E-state index in [9.17, 15) is 13.2 Å². The average Bonchev–Trinajstić information content (AvgIpc) is 2.83. The predicted molar refractivity (Wildman–Crippen MR) is 112 cm³/mol. The van der Waals surface area contributed by atoms with Crippen LogP contribution in [-0.4, -0.2) is 33.2 Å². The second-order valence-electron chi connectivity index (χ2n) is 8.01. The van der Waals surface area contributed by atoms with Gasteiger partial charge in [-0.15, -0.1) is 0 Å². The maximum Gasteiger partial charge on any atom is 0.232 e. The molecule has 1 aliphatic rings. The molecule has 1 fully saturated rings. The van der Waals surface area contributed by atoms with Gasteiger partial charge in [-0.05, 0) is 36.8 Å². The number of hydrogen-bond acceptors (Lipinski definition) is 3. The van der Waals surface area contributed by atoms with Crippen molar-refractivity contribution in [3.63, 3.8) is 0 Å². The molecule has 0 atom stereocenters. The highest BCUT2D eigenvalue weighted by Crippen LogP contribution is 2.32. The molecule has 1 N–H and O–H groups in total. The van der Waals surface area contributed by atoms with Crippen molar-refractivity contribution in [3.05, 3.63) is 29.3 Å². The molecule has 6 heteroatoms. The number of nitrogens with one attached hydrogen (secondary N) is 1. The minimum atomic E-state index is -3.48. The molecule has 0 unspecified atom stereocenters. The normalized spacial score (nSPS) is 16.2. The van der Waals surface area contributed by atoms with Gasteiger partial charge in [0.25, 0.3) is 0 Å². The molecule has 0 bridgehead atoms. The summed E-state index contributed by atoms with van der Waals surface area (Å²) in [6, 6.07) is 6.08. The fourth-order valence-electron chi connectivity index (χ4n) is 3.86. The lowest BCUT2D eigenvalue weighted by atomic mass is 9.98. The second-order valence-corrected chi connectivity index (χ2v) is 9.92. The number of carbonyl (C=O) groups is 1. The van der Waals surface area contributed by atoms with Crippen LogP contribution in [0.25, 0.3) is 0 Å². The van der Waals surface area contributed by atoms with Gasteiger partial charge in [0, 0.05) is 19.0 Å². The van der Waals surface area contributed by atoms with Crippen molar-refractivity contribution in [2.45, 2.75) is 77.7 Å². The highest BCUT2D eigenvalue weighted by atomic mass is 32.2. The van der Waals surface area contributed by atoms with Crippen molar-refractivity contribution in [1.82, 2.24) is 5.32 Å². The first kappa shape index (κ1) is 21.7. The molecule has 152 valence electrons. The fourth-order valence-corrected chi connectivity index (χ4v) is 4.86. The van der Waals surface area contributed by atoms with Crippen LogP contribution in [0.3, 0.4) is 0 Å². The summed E-state index contributed by atoms with van der Waals surface area (Å²) in [6.45, 7) is 6.20. The molecule has 0 saturated heterocycles. The number of benzene rings is 1. The number of anilines is 1. The summed E-state index contributed by atoms with van der Waals surface area (Å²) in [5.74, 6) is 0.138. The zero-order chi connectivity index (χ0) is 20.0. The van der Waals surface area contributed by atoms with E-state index in [0.29, 0.717) is 0 Å². The van der Waals surface area contributed by atoms with Crippen LogP contribution >= 0.6 is 0 Å². The summed E-state index contributed by atoms with van der Waals surface area (Å²) in [5, 5.41) is 3.11. The van der Waals surface area contributed by atoms with E-state index in [-0.39, 0.29) is 30.8 Å². The van der Waals surface area contributed by atoms with E-state index in [1.54, 1.807) is 0 Å². The standard InChI is InChI=1S/C21H34N2O3S/c1-16(2)19-13-9-10-17(3)21(19)23(27(4,25)26)15-14-20(24)22-18-11-7-5-6-8-12-18/h9-10,13,16,18H,5-8,11-12,14-15H2,1-4H3,(H,22,24). The Morgan fingerprint density at radius 2 is 1.81 bits per heavy atom. The molecule has 1 aromatic carbocycles. The van der Waals surface area contributed by atoms with Crippen molar-refractivity contribution < 1.29 is 13.2 Å². The number of carbonyl (C=O) groups excluding carboxylic acids is 1. The Bertz CT molecular complexity index is 736. The smallest absolute Gasteiger partial charge is 0.232 e. The van der Waals surface area contributed by atoms with Crippen molar-refractivity contribution in [3.8, 4) is 0 Å². The molecule has 27 heavy (non-hydrogen) atoms. The second kappa shape index (κ2) is 9.58. The highest BCUT2D eigenvalue weighted by molar-refractivity contribution is 7.92. The first-order chi connectivity index (χ1) is 12.7. The van der Waals surface area contributed by atoms with E-state index < -0.39 is 10.0 Å². The summed E-state index contributed by atoms with van der Waals surface area (Å²) >= 11 is 0. The molecular formula is C21H34N2O3S. The van der Waals surface area contributed by atoms with E-state index in [2.05, 4.69) is 19.2 Å². The topological polar surface area (TPSA) is 66.5 Å². The lowest BCUT2D eigenvalue weighted by Gasteiger charge is -2.28. The summed E-state index contributed by atoms with van der Waals surface area (Å²) in [6.07, 6.45) is 8.22. The molecule has 0 radical (unpaired) electrons. The van der Waals surface area contributed by atoms with Crippen molar-refractivity contribution in [2.24, 2.45) is 0 Å². The summed E-state index contributed by atoms with van der Waals surface area (Å²) in [5.41, 5.74) is 2.62. The Morgan fingerprint density at radius 3 is 2.37 bits per heavy atom. The highest BCUT2D eigenvalue weighted by Gasteiger charge is 2.24. The van der Waals surface area contributed by atoms with Gasteiger partial charge in [-0.2, -0.15) is 0 Å². The summed E-state index contributed by atoms with van der Waals surface area (Å²) in [4.78, 5) is 12.5. The number of rotatable bonds is 7. The third-order valence-electron chi connectivity index (χ3n) is 5.30. The van der Waals surface area contributed by atoms with Crippen LogP contribution in [0.2, 0.25) is 0 Å². The maximum atomic E-state index is 12.5. The lowest BCUT2D eigenvalue weighted by molar-refractivity contribution is -0.121. The molecule has 5 nitrogen and oxygen atoms in total. The van der Waals surface area contributed by atoms with E-state index >= 15 is 0 Å². The molecule has 0 aromatic heterocycles. The van der Waals surface area contributed by atoms with Crippen molar-refractivity contribution in [1.29, 1.82) is 0 Å². The van der Waals surface area contributed by atoms with Crippen LogP contribution in [0.4, 0.5) is 5.69 Å². The Labute approximate surface area is 164 Å². The van der Waals surface area contributed by atoms with Crippen LogP contribution in [0.15, 0.2) is 18.2 Å². The fraction of sp³-hybridized carbons (Fsp3) is 0.667. The molecule has 1 aromatic rings. The third-order valence-corrected chi connectivity index (χ3v) is 6.47. The molecule has 2 rings (SSSR count). The Hall–Kier alpha value is -1.56. The first-order valence-electron chi connectivity index (χ1n) is 10.1. The first-order valence-corrected chi connectivity index (χ1v) is 11.9. The molecule has 1 aliphatic carbocycles. The molecule has 0 aliphatic heterocycles. The van der Waals surface area contributed by atoms with Gasteiger partial charge in [-0.25, -0.2) is 8.42 Å².